The summed E-state index contributed by atoms with van der Waals surface area (Å²) in [6.07, 6.45) is 1.35. The maximum Gasteiger partial charge on any atom is 0.220 e. The summed E-state index contributed by atoms with van der Waals surface area (Å²) in [6, 6.07) is 6.07. The molecule has 1 N–H and O–H groups in total. The lowest BCUT2D eigenvalue weighted by Gasteiger charge is -2.35. The SMILES string of the molecule is CN=C(NCc1ccc(F)c(Cl)c1)N1CCN(S(=O)(=O)Cc2ccon2)CC1. The Labute approximate surface area is 168 Å². The van der Waals surface area contributed by atoms with E-state index in [9.17, 15) is 12.8 Å². The summed E-state index contributed by atoms with van der Waals surface area (Å²) in [7, 11) is -1.79. The number of halogens is 2. The molecule has 1 aliphatic heterocycles. The van der Waals surface area contributed by atoms with Gasteiger partial charge in [0, 0.05) is 45.8 Å². The summed E-state index contributed by atoms with van der Waals surface area (Å²) >= 11 is 5.81. The van der Waals surface area contributed by atoms with Gasteiger partial charge in [0.1, 0.15) is 17.8 Å². The van der Waals surface area contributed by atoms with Crippen molar-refractivity contribution in [3.05, 3.63) is 52.6 Å². The third-order valence-corrected chi connectivity index (χ3v) is 6.50. The number of nitrogens with one attached hydrogen (secondary N) is 1. The molecule has 1 aromatic heterocycles. The first-order valence-electron chi connectivity index (χ1n) is 8.65. The number of rotatable bonds is 5. The van der Waals surface area contributed by atoms with Gasteiger partial charge in [-0.1, -0.05) is 22.8 Å². The average molecular weight is 430 g/mol. The summed E-state index contributed by atoms with van der Waals surface area (Å²) < 4.78 is 44.4. The van der Waals surface area contributed by atoms with Crippen molar-refractivity contribution in [3.8, 4) is 0 Å². The lowest BCUT2D eigenvalue weighted by atomic mass is 10.2. The van der Waals surface area contributed by atoms with Crippen LogP contribution in [0.5, 0.6) is 0 Å². The molecule has 0 bridgehead atoms. The molecule has 28 heavy (non-hydrogen) atoms. The van der Waals surface area contributed by atoms with Crippen molar-refractivity contribution in [2.24, 2.45) is 4.99 Å². The Morgan fingerprint density at radius 3 is 2.68 bits per heavy atom. The molecule has 0 atom stereocenters. The normalized spacial score (nSPS) is 16.4. The maximum atomic E-state index is 13.3. The van der Waals surface area contributed by atoms with E-state index in [4.69, 9.17) is 16.1 Å². The maximum absolute atomic E-state index is 13.3. The Morgan fingerprint density at radius 2 is 2.07 bits per heavy atom. The first kappa shape index (κ1) is 20.6. The van der Waals surface area contributed by atoms with Gasteiger partial charge in [0.15, 0.2) is 5.96 Å². The Morgan fingerprint density at radius 1 is 1.32 bits per heavy atom. The highest BCUT2D eigenvalue weighted by molar-refractivity contribution is 7.88. The van der Waals surface area contributed by atoms with Crippen LogP contribution in [0.25, 0.3) is 0 Å². The van der Waals surface area contributed by atoms with Gasteiger partial charge in [-0.3, -0.25) is 4.99 Å². The third-order valence-electron chi connectivity index (χ3n) is 4.40. The van der Waals surface area contributed by atoms with E-state index in [1.54, 1.807) is 25.2 Å². The van der Waals surface area contributed by atoms with Gasteiger partial charge < -0.3 is 14.7 Å². The van der Waals surface area contributed by atoms with Crippen LogP contribution in [0.4, 0.5) is 4.39 Å². The van der Waals surface area contributed by atoms with E-state index in [1.165, 1.54) is 16.6 Å². The number of piperazine rings is 1. The summed E-state index contributed by atoms with van der Waals surface area (Å²) in [5, 5.41) is 6.93. The van der Waals surface area contributed by atoms with Gasteiger partial charge in [0.25, 0.3) is 0 Å². The molecule has 1 fully saturated rings. The highest BCUT2D eigenvalue weighted by atomic mass is 35.5. The van der Waals surface area contributed by atoms with Crippen molar-refractivity contribution < 1.29 is 17.3 Å². The Balaban J connectivity index is 1.54. The van der Waals surface area contributed by atoms with E-state index in [1.807, 2.05) is 4.90 Å². The summed E-state index contributed by atoms with van der Waals surface area (Å²) in [4.78, 5) is 6.23. The second-order valence-electron chi connectivity index (χ2n) is 6.28. The second kappa shape index (κ2) is 8.89. The molecule has 0 spiro atoms. The van der Waals surface area contributed by atoms with E-state index >= 15 is 0 Å². The fourth-order valence-corrected chi connectivity index (χ4v) is 4.56. The summed E-state index contributed by atoms with van der Waals surface area (Å²) in [5.41, 5.74) is 1.21. The molecular formula is C17H21ClFN5O3S. The van der Waals surface area contributed by atoms with Crippen LogP contribution in [0.3, 0.4) is 0 Å². The molecule has 8 nitrogen and oxygen atoms in total. The molecular weight excluding hydrogens is 409 g/mol. The summed E-state index contributed by atoms with van der Waals surface area (Å²) in [5.74, 6) is 0.00803. The molecule has 1 saturated heterocycles. The van der Waals surface area contributed by atoms with Gasteiger partial charge in [-0.15, -0.1) is 0 Å². The van der Waals surface area contributed by atoms with E-state index in [2.05, 4.69) is 15.5 Å². The number of sulfonamides is 1. The van der Waals surface area contributed by atoms with Gasteiger partial charge in [-0.25, -0.2) is 12.8 Å². The van der Waals surface area contributed by atoms with Gasteiger partial charge in [0.05, 0.1) is 10.7 Å². The van der Waals surface area contributed by atoms with Crippen molar-refractivity contribution in [2.45, 2.75) is 12.3 Å². The quantitative estimate of drug-likeness (QED) is 0.574. The van der Waals surface area contributed by atoms with E-state index < -0.39 is 15.8 Å². The molecule has 1 aromatic carbocycles. The summed E-state index contributed by atoms with van der Waals surface area (Å²) in [6.45, 7) is 2.13. The molecule has 2 aromatic rings. The van der Waals surface area contributed by atoms with Crippen LogP contribution in [-0.2, 0) is 22.3 Å². The molecule has 0 unspecified atom stereocenters. The zero-order chi connectivity index (χ0) is 20.1. The Hall–Kier alpha value is -2.17. The molecule has 0 saturated carbocycles. The third kappa shape index (κ3) is 5.00. The van der Waals surface area contributed by atoms with Crippen molar-refractivity contribution in [3.63, 3.8) is 0 Å². The monoisotopic (exact) mass is 429 g/mol. The molecule has 0 radical (unpaired) electrons. The van der Waals surface area contributed by atoms with Crippen LogP contribution in [0.1, 0.15) is 11.3 Å². The molecule has 11 heteroatoms. The van der Waals surface area contributed by atoms with Gasteiger partial charge in [-0.2, -0.15) is 4.31 Å². The van der Waals surface area contributed by atoms with Crippen LogP contribution in [0, 0.1) is 5.82 Å². The number of aliphatic imine (C=N–C) groups is 1. The first-order valence-corrected chi connectivity index (χ1v) is 10.6. The van der Waals surface area contributed by atoms with Crippen LogP contribution in [0.2, 0.25) is 5.02 Å². The smallest absolute Gasteiger partial charge is 0.220 e. The number of hydrogen-bond donors (Lipinski definition) is 1. The fourth-order valence-electron chi connectivity index (χ4n) is 2.93. The zero-order valence-electron chi connectivity index (χ0n) is 15.3. The van der Waals surface area contributed by atoms with Crippen molar-refractivity contribution in [1.29, 1.82) is 0 Å². The van der Waals surface area contributed by atoms with Crippen LogP contribution < -0.4 is 5.32 Å². The minimum absolute atomic E-state index is 0.0696. The molecule has 3 rings (SSSR count). The number of hydrogen-bond acceptors (Lipinski definition) is 5. The topological polar surface area (TPSA) is 91.0 Å². The number of benzene rings is 1. The minimum atomic E-state index is -3.45. The molecule has 152 valence electrons. The predicted octanol–water partition coefficient (Wildman–Crippen LogP) is 1.69. The fraction of sp³-hybridized carbons (Fsp3) is 0.412. The van der Waals surface area contributed by atoms with Crippen molar-refractivity contribution in [1.82, 2.24) is 19.7 Å². The standard InChI is InChI=1S/C17H21ClFN5O3S/c1-20-17(21-11-13-2-3-16(19)15(18)10-13)23-5-7-24(8-6-23)28(25,26)12-14-4-9-27-22-14/h2-4,9-10H,5-8,11-12H2,1H3,(H,20,21). The molecule has 0 aliphatic carbocycles. The lowest BCUT2D eigenvalue weighted by molar-refractivity contribution is 0.259. The van der Waals surface area contributed by atoms with Crippen LogP contribution >= 0.6 is 11.6 Å². The van der Waals surface area contributed by atoms with Crippen LogP contribution in [-0.4, -0.2) is 62.0 Å². The number of guanidine groups is 1. The molecule has 2 heterocycles. The molecule has 0 amide bonds. The predicted molar refractivity (Wildman–Crippen MR) is 104 cm³/mol. The highest BCUT2D eigenvalue weighted by Gasteiger charge is 2.28. The largest absolute Gasteiger partial charge is 0.364 e. The van der Waals surface area contributed by atoms with E-state index in [0.29, 0.717) is 44.4 Å². The average Bonchev–Trinajstić information content (AvgIpc) is 3.18. The Bertz CT molecular complexity index is 928. The van der Waals surface area contributed by atoms with Crippen LogP contribution in [0.15, 0.2) is 40.0 Å². The zero-order valence-corrected chi connectivity index (χ0v) is 16.9. The second-order valence-corrected chi connectivity index (χ2v) is 8.66. The first-order chi connectivity index (χ1) is 13.4. The number of nitrogens with zero attached hydrogens (tertiary/aromatic N) is 4. The van der Waals surface area contributed by atoms with Gasteiger partial charge >= 0.3 is 0 Å². The van der Waals surface area contributed by atoms with E-state index in [0.717, 1.165) is 5.56 Å². The lowest BCUT2D eigenvalue weighted by Crippen LogP contribution is -2.53. The highest BCUT2D eigenvalue weighted by Crippen LogP contribution is 2.16. The van der Waals surface area contributed by atoms with Gasteiger partial charge in [-0.05, 0) is 17.7 Å². The van der Waals surface area contributed by atoms with Crippen molar-refractivity contribution >= 4 is 27.6 Å². The minimum Gasteiger partial charge on any atom is -0.364 e. The number of aromatic nitrogens is 1. The van der Waals surface area contributed by atoms with E-state index in [-0.39, 0.29) is 10.8 Å². The van der Waals surface area contributed by atoms with Gasteiger partial charge in [0.2, 0.25) is 10.0 Å². The van der Waals surface area contributed by atoms with Crippen molar-refractivity contribution in [2.75, 3.05) is 33.2 Å². The Kier molecular flexibility index (Phi) is 6.53. The molecule has 1 aliphatic rings.